The van der Waals surface area contributed by atoms with Gasteiger partial charge < -0.3 is 31.9 Å². The molecule has 178 valence electrons. The molecular weight excluding hydrogens is 428 g/mol. The molecule has 4 unspecified atom stereocenters. The van der Waals surface area contributed by atoms with Gasteiger partial charge in [-0.15, -0.1) is 0 Å². The van der Waals surface area contributed by atoms with Gasteiger partial charge in [0, 0.05) is 0 Å². The maximum absolute atomic E-state index is 12.8. The van der Waals surface area contributed by atoms with Crippen LogP contribution in [0.4, 0.5) is 0 Å². The second kappa shape index (κ2) is 13.9. The van der Waals surface area contributed by atoms with Gasteiger partial charge in [-0.2, -0.15) is 11.8 Å². The van der Waals surface area contributed by atoms with Crippen LogP contribution in [0, 0.1) is 11.8 Å². The van der Waals surface area contributed by atoms with Gasteiger partial charge in [0.1, 0.15) is 18.1 Å². The zero-order valence-electron chi connectivity index (χ0n) is 18.5. The zero-order chi connectivity index (χ0) is 24.3. The molecule has 0 saturated carbocycles. The van der Waals surface area contributed by atoms with Crippen LogP contribution < -0.4 is 21.7 Å². The number of carbonyl (C=O) groups excluding carboxylic acids is 3. The lowest BCUT2D eigenvalue weighted by Crippen LogP contribution is -2.59. The molecule has 0 aromatic carbocycles. The van der Waals surface area contributed by atoms with Gasteiger partial charge in [0.05, 0.1) is 12.5 Å². The number of rotatable bonds is 14. The number of carboxylic acids is 2. The Morgan fingerprint density at radius 3 is 1.81 bits per heavy atom. The number of nitrogens with two attached hydrogens (primary N) is 1. The Hall–Kier alpha value is -2.34. The van der Waals surface area contributed by atoms with Crippen LogP contribution in [-0.4, -0.2) is 76.0 Å². The molecule has 0 spiro atoms. The van der Waals surface area contributed by atoms with Gasteiger partial charge in [-0.1, -0.05) is 27.7 Å². The van der Waals surface area contributed by atoms with Crippen LogP contribution in [0.5, 0.6) is 0 Å². The zero-order valence-corrected chi connectivity index (χ0v) is 19.3. The summed E-state index contributed by atoms with van der Waals surface area (Å²) in [6, 6.07) is -4.51. The summed E-state index contributed by atoms with van der Waals surface area (Å²) in [6.07, 6.45) is 1.18. The monoisotopic (exact) mass is 462 g/mol. The lowest BCUT2D eigenvalue weighted by Gasteiger charge is -2.27. The van der Waals surface area contributed by atoms with Gasteiger partial charge in [-0.25, -0.2) is 4.79 Å². The summed E-state index contributed by atoms with van der Waals surface area (Å²) in [7, 11) is 0. The summed E-state index contributed by atoms with van der Waals surface area (Å²) in [5, 5.41) is 25.3. The minimum absolute atomic E-state index is 0.141. The molecule has 0 rings (SSSR count). The van der Waals surface area contributed by atoms with Crippen LogP contribution in [0.25, 0.3) is 0 Å². The first-order valence-electron chi connectivity index (χ1n) is 9.91. The van der Waals surface area contributed by atoms with Crippen LogP contribution >= 0.6 is 11.8 Å². The summed E-state index contributed by atoms with van der Waals surface area (Å²) in [4.78, 5) is 59.8. The van der Waals surface area contributed by atoms with E-state index in [4.69, 9.17) is 15.9 Å². The normalized spacial score (nSPS) is 15.0. The Morgan fingerprint density at radius 2 is 1.39 bits per heavy atom. The highest BCUT2D eigenvalue weighted by Gasteiger charge is 2.32. The van der Waals surface area contributed by atoms with Gasteiger partial charge in [0.25, 0.3) is 0 Å². The maximum atomic E-state index is 12.8. The van der Waals surface area contributed by atoms with Crippen LogP contribution in [0.3, 0.4) is 0 Å². The summed E-state index contributed by atoms with van der Waals surface area (Å²) < 4.78 is 0. The SMILES string of the molecule is CSCCC(NC(=O)C(NC(=O)C(N)C(C)C)C(C)C)C(=O)NC(CC(=O)O)C(=O)O. The summed E-state index contributed by atoms with van der Waals surface area (Å²) >= 11 is 1.41. The van der Waals surface area contributed by atoms with Crippen LogP contribution in [-0.2, 0) is 24.0 Å². The largest absolute Gasteiger partial charge is 0.481 e. The lowest BCUT2D eigenvalue weighted by molar-refractivity contribution is -0.147. The van der Waals surface area contributed by atoms with Crippen LogP contribution in [0.1, 0.15) is 40.5 Å². The third-order valence-electron chi connectivity index (χ3n) is 4.50. The van der Waals surface area contributed by atoms with Crippen molar-refractivity contribution in [3.8, 4) is 0 Å². The van der Waals surface area contributed by atoms with Gasteiger partial charge in [-0.05, 0) is 30.3 Å². The number of hydrogen-bond acceptors (Lipinski definition) is 7. The molecule has 12 heteroatoms. The van der Waals surface area contributed by atoms with Crippen molar-refractivity contribution in [3.63, 3.8) is 0 Å². The first kappa shape index (κ1) is 28.7. The predicted octanol–water partition coefficient (Wildman–Crippen LogP) is -0.607. The highest BCUT2D eigenvalue weighted by Crippen LogP contribution is 2.08. The number of carboxylic acid groups (broad SMARTS) is 2. The van der Waals surface area contributed by atoms with Gasteiger partial charge in [0.2, 0.25) is 17.7 Å². The first-order valence-corrected chi connectivity index (χ1v) is 11.3. The number of thioether (sulfide) groups is 1. The number of hydrogen-bond donors (Lipinski definition) is 6. The fourth-order valence-corrected chi connectivity index (χ4v) is 2.97. The van der Waals surface area contributed by atoms with Crippen molar-refractivity contribution in [1.29, 1.82) is 0 Å². The van der Waals surface area contributed by atoms with Crippen molar-refractivity contribution in [2.75, 3.05) is 12.0 Å². The molecule has 0 saturated heterocycles. The highest BCUT2D eigenvalue weighted by molar-refractivity contribution is 7.98. The third-order valence-corrected chi connectivity index (χ3v) is 5.15. The van der Waals surface area contributed by atoms with Crippen molar-refractivity contribution in [2.24, 2.45) is 17.6 Å². The highest BCUT2D eigenvalue weighted by atomic mass is 32.2. The number of nitrogens with one attached hydrogen (secondary N) is 3. The fourth-order valence-electron chi connectivity index (χ4n) is 2.50. The van der Waals surface area contributed by atoms with E-state index in [0.29, 0.717) is 5.75 Å². The van der Waals surface area contributed by atoms with E-state index in [0.717, 1.165) is 0 Å². The molecule has 0 aliphatic rings. The molecule has 4 atom stereocenters. The van der Waals surface area contributed by atoms with E-state index < -0.39 is 60.2 Å². The quantitative estimate of drug-likeness (QED) is 0.196. The van der Waals surface area contributed by atoms with Crippen molar-refractivity contribution in [1.82, 2.24) is 16.0 Å². The van der Waals surface area contributed by atoms with Crippen molar-refractivity contribution < 1.29 is 34.2 Å². The van der Waals surface area contributed by atoms with Gasteiger partial charge >= 0.3 is 11.9 Å². The van der Waals surface area contributed by atoms with E-state index in [9.17, 15) is 24.0 Å². The number of carbonyl (C=O) groups is 5. The first-order chi connectivity index (χ1) is 14.3. The van der Waals surface area contributed by atoms with Crippen molar-refractivity contribution in [2.45, 2.75) is 64.7 Å². The van der Waals surface area contributed by atoms with E-state index >= 15 is 0 Å². The molecule has 0 aromatic rings. The average Bonchev–Trinajstić information content (AvgIpc) is 2.66. The molecule has 0 heterocycles. The number of aliphatic carboxylic acids is 2. The summed E-state index contributed by atoms with van der Waals surface area (Å²) in [6.45, 7) is 6.98. The number of amides is 3. The van der Waals surface area contributed by atoms with Gasteiger partial charge in [-0.3, -0.25) is 19.2 Å². The molecule has 0 radical (unpaired) electrons. The van der Waals surface area contributed by atoms with Crippen LogP contribution in [0.2, 0.25) is 0 Å². The Bertz CT molecular complexity index is 657. The van der Waals surface area contributed by atoms with E-state index in [2.05, 4.69) is 16.0 Å². The fraction of sp³-hybridized carbons (Fsp3) is 0.737. The topological polar surface area (TPSA) is 188 Å². The Kier molecular flexibility index (Phi) is 12.8. The van der Waals surface area contributed by atoms with E-state index in [-0.39, 0.29) is 18.3 Å². The molecule has 0 aromatic heterocycles. The van der Waals surface area contributed by atoms with E-state index in [1.807, 2.05) is 0 Å². The smallest absolute Gasteiger partial charge is 0.326 e. The van der Waals surface area contributed by atoms with Crippen LogP contribution in [0.15, 0.2) is 0 Å². The molecule has 31 heavy (non-hydrogen) atoms. The average molecular weight is 463 g/mol. The Morgan fingerprint density at radius 1 is 0.839 bits per heavy atom. The van der Waals surface area contributed by atoms with Crippen molar-refractivity contribution >= 4 is 41.4 Å². The molecule has 7 N–H and O–H groups in total. The molecule has 0 aliphatic heterocycles. The second-order valence-electron chi connectivity index (χ2n) is 7.84. The molecule has 3 amide bonds. The van der Waals surface area contributed by atoms with E-state index in [1.165, 1.54) is 11.8 Å². The lowest BCUT2D eigenvalue weighted by atomic mass is 10.00. The van der Waals surface area contributed by atoms with Crippen molar-refractivity contribution in [3.05, 3.63) is 0 Å². The molecule has 11 nitrogen and oxygen atoms in total. The second-order valence-corrected chi connectivity index (χ2v) is 8.83. The Labute approximate surface area is 186 Å². The standard InChI is InChI=1S/C19H34N4O7S/c1-9(2)14(20)17(27)23-15(10(3)4)18(28)21-11(6-7-31-5)16(26)22-12(19(29)30)8-13(24)25/h9-12,14-15H,6-8,20H2,1-5H3,(H,21,28)(H,22,26)(H,23,27)(H,24,25)(H,29,30). The molecule has 0 fully saturated rings. The van der Waals surface area contributed by atoms with Gasteiger partial charge in [0.15, 0.2) is 0 Å². The maximum Gasteiger partial charge on any atom is 0.326 e. The predicted molar refractivity (Wildman–Crippen MR) is 116 cm³/mol. The summed E-state index contributed by atoms with van der Waals surface area (Å²) in [5.74, 6) is -4.80. The minimum atomic E-state index is -1.64. The molecular formula is C19H34N4O7S. The van der Waals surface area contributed by atoms with E-state index in [1.54, 1.807) is 34.0 Å². The molecule has 0 bridgehead atoms. The Balaban J connectivity index is 5.42. The summed E-state index contributed by atoms with van der Waals surface area (Å²) in [5.41, 5.74) is 5.83. The third kappa shape index (κ3) is 10.5. The minimum Gasteiger partial charge on any atom is -0.481 e. The molecule has 0 aliphatic carbocycles.